The smallest absolute Gasteiger partial charge is 0.303 e. The molecule has 1 aliphatic carbocycles. The Kier molecular flexibility index (Phi) is 2.99. The third-order valence-corrected chi connectivity index (χ3v) is 3.56. The van der Waals surface area contributed by atoms with Gasteiger partial charge in [-0.15, -0.1) is 0 Å². The second-order valence-corrected chi connectivity index (χ2v) is 4.99. The second-order valence-electron chi connectivity index (χ2n) is 4.99. The molecule has 2 rings (SSSR count). The van der Waals surface area contributed by atoms with E-state index in [0.717, 1.165) is 12.8 Å². The van der Waals surface area contributed by atoms with Crippen LogP contribution in [0.25, 0.3) is 0 Å². The molecule has 1 fully saturated rings. The van der Waals surface area contributed by atoms with E-state index in [9.17, 15) is 4.79 Å². The maximum absolute atomic E-state index is 10.6. The minimum atomic E-state index is -0.663. The van der Waals surface area contributed by atoms with Gasteiger partial charge in [-0.1, -0.05) is 23.8 Å². The quantitative estimate of drug-likeness (QED) is 0.845. The molecule has 86 valence electrons. The van der Waals surface area contributed by atoms with Gasteiger partial charge >= 0.3 is 5.97 Å². The highest BCUT2D eigenvalue weighted by molar-refractivity contribution is 5.67. The third kappa shape index (κ3) is 2.26. The van der Waals surface area contributed by atoms with Gasteiger partial charge in [-0.3, -0.25) is 4.79 Å². The van der Waals surface area contributed by atoms with E-state index in [0.29, 0.717) is 18.3 Å². The maximum Gasteiger partial charge on any atom is 0.303 e. The summed E-state index contributed by atoms with van der Waals surface area (Å²) >= 11 is 0. The molecule has 0 spiro atoms. The Bertz CT molecular complexity index is 403. The molecule has 0 amide bonds. The zero-order valence-corrected chi connectivity index (χ0v) is 9.86. The SMILES string of the molecule is Cc1ccc(C2CC(CC(=O)O)C2)c(C)c1. The number of aliphatic carboxylic acids is 1. The summed E-state index contributed by atoms with van der Waals surface area (Å²) in [4.78, 5) is 10.6. The normalized spacial score (nSPS) is 23.9. The molecule has 1 aromatic rings. The van der Waals surface area contributed by atoms with Gasteiger partial charge in [-0.05, 0) is 49.7 Å². The van der Waals surface area contributed by atoms with Gasteiger partial charge in [0.05, 0.1) is 0 Å². The lowest BCUT2D eigenvalue weighted by atomic mass is 9.69. The Labute approximate surface area is 96.3 Å². The number of benzene rings is 1. The fraction of sp³-hybridized carbons (Fsp3) is 0.500. The van der Waals surface area contributed by atoms with E-state index in [1.807, 2.05) is 0 Å². The monoisotopic (exact) mass is 218 g/mol. The first-order valence-electron chi connectivity index (χ1n) is 5.85. The van der Waals surface area contributed by atoms with Crippen LogP contribution in [-0.4, -0.2) is 11.1 Å². The average molecular weight is 218 g/mol. The molecule has 16 heavy (non-hydrogen) atoms. The molecular weight excluding hydrogens is 200 g/mol. The summed E-state index contributed by atoms with van der Waals surface area (Å²) in [5.41, 5.74) is 4.05. The first-order chi connectivity index (χ1) is 7.56. The van der Waals surface area contributed by atoms with Crippen molar-refractivity contribution in [1.82, 2.24) is 0 Å². The van der Waals surface area contributed by atoms with Crippen LogP contribution in [0.4, 0.5) is 0 Å². The van der Waals surface area contributed by atoms with Crippen molar-refractivity contribution in [2.24, 2.45) is 5.92 Å². The van der Waals surface area contributed by atoms with E-state index in [1.54, 1.807) is 0 Å². The minimum Gasteiger partial charge on any atom is -0.481 e. The lowest BCUT2D eigenvalue weighted by molar-refractivity contribution is -0.138. The molecule has 0 aliphatic heterocycles. The van der Waals surface area contributed by atoms with E-state index < -0.39 is 5.97 Å². The van der Waals surface area contributed by atoms with Crippen molar-refractivity contribution in [3.63, 3.8) is 0 Å². The molecule has 1 N–H and O–H groups in total. The molecule has 2 nitrogen and oxygen atoms in total. The summed E-state index contributed by atoms with van der Waals surface area (Å²) in [6, 6.07) is 6.55. The summed E-state index contributed by atoms with van der Waals surface area (Å²) in [6.45, 7) is 4.25. The summed E-state index contributed by atoms with van der Waals surface area (Å²) < 4.78 is 0. The topological polar surface area (TPSA) is 37.3 Å². The van der Waals surface area contributed by atoms with Crippen LogP contribution in [-0.2, 0) is 4.79 Å². The molecule has 0 saturated heterocycles. The van der Waals surface area contributed by atoms with Crippen LogP contribution in [0.3, 0.4) is 0 Å². The van der Waals surface area contributed by atoms with Crippen molar-refractivity contribution < 1.29 is 9.90 Å². The van der Waals surface area contributed by atoms with Gasteiger partial charge < -0.3 is 5.11 Å². The summed E-state index contributed by atoms with van der Waals surface area (Å²) in [6.07, 6.45) is 2.41. The van der Waals surface area contributed by atoms with E-state index in [-0.39, 0.29) is 0 Å². The van der Waals surface area contributed by atoms with E-state index in [4.69, 9.17) is 5.11 Å². The molecule has 1 aliphatic rings. The standard InChI is InChI=1S/C14H18O2/c1-9-3-4-13(10(2)5-9)12-6-11(7-12)8-14(15)16/h3-5,11-12H,6-8H2,1-2H3,(H,15,16). The summed E-state index contributed by atoms with van der Waals surface area (Å²) in [5, 5.41) is 8.70. The van der Waals surface area contributed by atoms with E-state index in [1.165, 1.54) is 16.7 Å². The Hall–Kier alpha value is -1.31. The predicted molar refractivity (Wildman–Crippen MR) is 63.6 cm³/mol. The number of carbonyl (C=O) groups is 1. The molecular formula is C14H18O2. The van der Waals surface area contributed by atoms with Crippen molar-refractivity contribution in [3.05, 3.63) is 34.9 Å². The van der Waals surface area contributed by atoms with Crippen LogP contribution in [0.1, 0.15) is 41.9 Å². The first-order valence-corrected chi connectivity index (χ1v) is 5.85. The number of aryl methyl sites for hydroxylation is 2. The molecule has 1 saturated carbocycles. The highest BCUT2D eigenvalue weighted by Crippen LogP contribution is 2.44. The van der Waals surface area contributed by atoms with Crippen LogP contribution in [0, 0.1) is 19.8 Å². The maximum atomic E-state index is 10.6. The Morgan fingerprint density at radius 3 is 2.62 bits per heavy atom. The second kappa shape index (κ2) is 4.28. The predicted octanol–water partition coefficient (Wildman–Crippen LogP) is 3.27. The van der Waals surface area contributed by atoms with E-state index in [2.05, 4.69) is 32.0 Å². The molecule has 0 radical (unpaired) electrons. The number of carboxylic acid groups (broad SMARTS) is 1. The van der Waals surface area contributed by atoms with Crippen LogP contribution in [0.15, 0.2) is 18.2 Å². The van der Waals surface area contributed by atoms with Gasteiger partial charge in [0.15, 0.2) is 0 Å². The Morgan fingerprint density at radius 2 is 2.06 bits per heavy atom. The van der Waals surface area contributed by atoms with Gasteiger partial charge in [0.25, 0.3) is 0 Å². The number of hydrogen-bond acceptors (Lipinski definition) is 1. The summed E-state index contributed by atoms with van der Waals surface area (Å²) in [7, 11) is 0. The van der Waals surface area contributed by atoms with Crippen molar-refractivity contribution in [3.8, 4) is 0 Å². The van der Waals surface area contributed by atoms with Gasteiger partial charge in [-0.2, -0.15) is 0 Å². The van der Waals surface area contributed by atoms with Crippen molar-refractivity contribution in [1.29, 1.82) is 0 Å². The van der Waals surface area contributed by atoms with Crippen LogP contribution >= 0.6 is 0 Å². The first kappa shape index (κ1) is 11.2. The van der Waals surface area contributed by atoms with Gasteiger partial charge in [0, 0.05) is 6.42 Å². The Morgan fingerprint density at radius 1 is 1.38 bits per heavy atom. The van der Waals surface area contributed by atoms with Crippen LogP contribution < -0.4 is 0 Å². The molecule has 1 aromatic carbocycles. The molecule has 0 atom stereocenters. The largest absolute Gasteiger partial charge is 0.481 e. The third-order valence-electron chi connectivity index (χ3n) is 3.56. The molecule has 0 aromatic heterocycles. The summed E-state index contributed by atoms with van der Waals surface area (Å²) in [5.74, 6) is 0.317. The highest BCUT2D eigenvalue weighted by atomic mass is 16.4. The fourth-order valence-corrected chi connectivity index (χ4v) is 2.69. The zero-order valence-electron chi connectivity index (χ0n) is 9.86. The molecule has 0 heterocycles. The molecule has 0 bridgehead atoms. The number of hydrogen-bond donors (Lipinski definition) is 1. The minimum absolute atomic E-state index is 0.335. The number of carboxylic acids is 1. The number of rotatable bonds is 3. The van der Waals surface area contributed by atoms with Gasteiger partial charge in [-0.25, -0.2) is 0 Å². The van der Waals surface area contributed by atoms with Gasteiger partial charge in [0.2, 0.25) is 0 Å². The van der Waals surface area contributed by atoms with Crippen LogP contribution in [0.5, 0.6) is 0 Å². The zero-order chi connectivity index (χ0) is 11.7. The lowest BCUT2D eigenvalue weighted by Crippen LogP contribution is -2.24. The molecule has 2 heteroatoms. The van der Waals surface area contributed by atoms with Crippen molar-refractivity contribution >= 4 is 5.97 Å². The highest BCUT2D eigenvalue weighted by Gasteiger charge is 2.32. The van der Waals surface area contributed by atoms with E-state index >= 15 is 0 Å². The van der Waals surface area contributed by atoms with Crippen LogP contribution in [0.2, 0.25) is 0 Å². The average Bonchev–Trinajstić information content (AvgIpc) is 2.11. The van der Waals surface area contributed by atoms with Crippen molar-refractivity contribution in [2.45, 2.75) is 39.0 Å². The van der Waals surface area contributed by atoms with Gasteiger partial charge in [0.1, 0.15) is 0 Å². The molecule has 0 unspecified atom stereocenters. The fourth-order valence-electron chi connectivity index (χ4n) is 2.69. The Balaban J connectivity index is 1.98. The van der Waals surface area contributed by atoms with Crippen molar-refractivity contribution in [2.75, 3.05) is 0 Å². The lowest BCUT2D eigenvalue weighted by Gasteiger charge is -2.35.